The van der Waals surface area contributed by atoms with E-state index in [0.717, 1.165) is 0 Å². The average Bonchev–Trinajstić information content (AvgIpc) is 3.07. The molecule has 2 aliphatic carbocycles. The summed E-state index contributed by atoms with van der Waals surface area (Å²) in [7, 11) is 0. The number of fused-ring (bicyclic) bond motifs is 2. The minimum atomic E-state index is 0.0965. The van der Waals surface area contributed by atoms with E-state index in [4.69, 9.17) is 0 Å². The Morgan fingerprint density at radius 1 is 1.33 bits per heavy atom. The fourth-order valence-electron chi connectivity index (χ4n) is 3.99. The van der Waals surface area contributed by atoms with E-state index in [1.54, 1.807) is 11.8 Å². The number of benzene rings is 1. The van der Waals surface area contributed by atoms with Crippen molar-refractivity contribution < 1.29 is 9.90 Å². The third-order valence-corrected chi connectivity index (χ3v) is 6.25. The van der Waals surface area contributed by atoms with Crippen LogP contribution < -0.4 is 5.32 Å². The van der Waals surface area contributed by atoms with Crippen LogP contribution in [0.2, 0.25) is 0 Å². The molecule has 2 aliphatic rings. The molecule has 4 unspecified atom stereocenters. The minimum Gasteiger partial charge on any atom is -0.396 e. The molecule has 0 aliphatic heterocycles. The molecule has 2 fully saturated rings. The van der Waals surface area contributed by atoms with Crippen LogP contribution in [0.15, 0.2) is 29.2 Å². The molecule has 1 aromatic rings. The van der Waals surface area contributed by atoms with Gasteiger partial charge in [0, 0.05) is 23.5 Å². The van der Waals surface area contributed by atoms with Gasteiger partial charge < -0.3 is 10.4 Å². The van der Waals surface area contributed by atoms with Crippen molar-refractivity contribution in [2.75, 3.05) is 12.4 Å². The fourth-order valence-corrected chi connectivity index (χ4v) is 4.83. The number of thioether (sulfide) groups is 1. The molecule has 0 aromatic heterocycles. The van der Waals surface area contributed by atoms with Gasteiger partial charge in [0.2, 0.25) is 5.91 Å². The van der Waals surface area contributed by atoms with Crippen molar-refractivity contribution in [2.24, 2.45) is 17.8 Å². The first-order valence-corrected chi connectivity index (χ1v) is 8.76. The summed E-state index contributed by atoms with van der Waals surface area (Å²) in [6.07, 6.45) is 3.61. The number of hydrogen-bond acceptors (Lipinski definition) is 3. The number of carbonyl (C=O) groups excluding carboxylic acids is 1. The van der Waals surface area contributed by atoms with Gasteiger partial charge in [-0.1, -0.05) is 18.2 Å². The highest BCUT2D eigenvalue weighted by Crippen LogP contribution is 2.48. The number of carbonyl (C=O) groups is 1. The molecule has 0 radical (unpaired) electrons. The lowest BCUT2D eigenvalue weighted by Gasteiger charge is -2.30. The largest absolute Gasteiger partial charge is 0.396 e. The van der Waals surface area contributed by atoms with Crippen LogP contribution in [-0.2, 0) is 4.79 Å². The van der Waals surface area contributed by atoms with Crippen LogP contribution in [0.5, 0.6) is 0 Å². The van der Waals surface area contributed by atoms with Gasteiger partial charge in [0.1, 0.15) is 0 Å². The molecule has 2 bridgehead atoms. The smallest absolute Gasteiger partial charge is 0.230 e. The van der Waals surface area contributed by atoms with Gasteiger partial charge in [-0.3, -0.25) is 4.79 Å². The molecule has 1 amide bonds. The number of amides is 1. The SMILES string of the molecule is Cc1ccccc1SCC(=O)NC1C2CCC(C2)C1CO. The van der Waals surface area contributed by atoms with E-state index in [-0.39, 0.29) is 24.5 Å². The first-order chi connectivity index (χ1) is 10.2. The number of aliphatic hydroxyl groups is 1. The first kappa shape index (κ1) is 14.9. The lowest BCUT2D eigenvalue weighted by Crippen LogP contribution is -2.45. The summed E-state index contributed by atoms with van der Waals surface area (Å²) in [5.41, 5.74) is 1.21. The predicted octanol–water partition coefficient (Wildman–Crippen LogP) is 2.61. The zero-order chi connectivity index (χ0) is 14.8. The second-order valence-electron chi connectivity index (χ2n) is 6.33. The molecule has 3 rings (SSSR count). The van der Waals surface area contributed by atoms with Gasteiger partial charge in [-0.05, 0) is 49.7 Å². The zero-order valence-corrected chi connectivity index (χ0v) is 13.2. The summed E-state index contributed by atoms with van der Waals surface area (Å²) in [6, 6.07) is 8.34. The van der Waals surface area contributed by atoms with Gasteiger partial charge in [0.05, 0.1) is 5.75 Å². The number of aryl methyl sites for hydroxylation is 1. The third-order valence-electron chi connectivity index (χ3n) is 5.08. The van der Waals surface area contributed by atoms with Crippen LogP contribution in [0.25, 0.3) is 0 Å². The van der Waals surface area contributed by atoms with Gasteiger partial charge >= 0.3 is 0 Å². The topological polar surface area (TPSA) is 49.3 Å². The second kappa shape index (κ2) is 6.41. The van der Waals surface area contributed by atoms with Crippen molar-refractivity contribution in [1.29, 1.82) is 0 Å². The molecular weight excluding hydrogens is 282 g/mol. The number of aliphatic hydroxyl groups excluding tert-OH is 1. The van der Waals surface area contributed by atoms with Gasteiger partial charge in [0.25, 0.3) is 0 Å². The Morgan fingerprint density at radius 2 is 2.10 bits per heavy atom. The highest BCUT2D eigenvalue weighted by Gasteiger charge is 2.47. The lowest BCUT2D eigenvalue weighted by molar-refractivity contribution is -0.120. The zero-order valence-electron chi connectivity index (χ0n) is 12.4. The van der Waals surface area contributed by atoms with E-state index >= 15 is 0 Å². The van der Waals surface area contributed by atoms with Crippen LogP contribution in [0.1, 0.15) is 24.8 Å². The highest BCUT2D eigenvalue weighted by molar-refractivity contribution is 8.00. The van der Waals surface area contributed by atoms with Crippen molar-refractivity contribution in [3.8, 4) is 0 Å². The Hall–Kier alpha value is -1.00. The molecule has 1 aromatic carbocycles. The van der Waals surface area contributed by atoms with Gasteiger partial charge in [0.15, 0.2) is 0 Å². The van der Waals surface area contributed by atoms with Crippen LogP contribution in [0.4, 0.5) is 0 Å². The summed E-state index contributed by atoms with van der Waals surface area (Å²) in [4.78, 5) is 13.4. The van der Waals surface area contributed by atoms with Gasteiger partial charge in [-0.2, -0.15) is 0 Å². The maximum Gasteiger partial charge on any atom is 0.230 e. The van der Waals surface area contributed by atoms with Crippen LogP contribution in [0.3, 0.4) is 0 Å². The van der Waals surface area contributed by atoms with Crippen molar-refractivity contribution in [2.45, 2.75) is 37.1 Å². The molecule has 4 atom stereocenters. The van der Waals surface area contributed by atoms with Crippen LogP contribution in [-0.4, -0.2) is 29.4 Å². The molecule has 3 nitrogen and oxygen atoms in total. The Kier molecular flexibility index (Phi) is 4.55. The molecule has 2 saturated carbocycles. The van der Waals surface area contributed by atoms with E-state index in [9.17, 15) is 9.90 Å². The summed E-state index contributed by atoms with van der Waals surface area (Å²) in [5.74, 6) is 2.03. The molecule has 114 valence electrons. The molecule has 0 heterocycles. The summed E-state index contributed by atoms with van der Waals surface area (Å²) in [5, 5.41) is 12.7. The van der Waals surface area contributed by atoms with E-state index in [2.05, 4.69) is 24.4 Å². The Morgan fingerprint density at radius 3 is 2.86 bits per heavy atom. The molecule has 0 spiro atoms. The van der Waals surface area contributed by atoms with Crippen molar-refractivity contribution >= 4 is 17.7 Å². The van der Waals surface area contributed by atoms with E-state index in [1.807, 2.05) is 12.1 Å². The third kappa shape index (κ3) is 3.11. The second-order valence-corrected chi connectivity index (χ2v) is 7.34. The minimum absolute atomic E-state index is 0.0965. The van der Waals surface area contributed by atoms with Crippen LogP contribution >= 0.6 is 11.8 Å². The van der Waals surface area contributed by atoms with Gasteiger partial charge in [-0.15, -0.1) is 11.8 Å². The van der Waals surface area contributed by atoms with Crippen LogP contribution in [0, 0.1) is 24.7 Å². The first-order valence-electron chi connectivity index (χ1n) is 7.77. The Labute approximate surface area is 130 Å². The number of hydrogen-bond donors (Lipinski definition) is 2. The molecule has 2 N–H and O–H groups in total. The summed E-state index contributed by atoms with van der Waals surface area (Å²) < 4.78 is 0. The lowest BCUT2D eigenvalue weighted by atomic mass is 9.85. The number of nitrogens with one attached hydrogen (secondary N) is 1. The van der Waals surface area contributed by atoms with Gasteiger partial charge in [-0.25, -0.2) is 0 Å². The van der Waals surface area contributed by atoms with Crippen molar-refractivity contribution in [1.82, 2.24) is 5.32 Å². The molecule has 0 saturated heterocycles. The maximum atomic E-state index is 12.2. The Bertz CT molecular complexity index is 519. The summed E-state index contributed by atoms with van der Waals surface area (Å²) >= 11 is 1.59. The molecule has 21 heavy (non-hydrogen) atoms. The number of rotatable bonds is 5. The van der Waals surface area contributed by atoms with Crippen molar-refractivity contribution in [3.63, 3.8) is 0 Å². The Balaban J connectivity index is 1.54. The normalized spacial score (nSPS) is 30.6. The standard InChI is InChI=1S/C17H23NO2S/c1-11-4-2-3-5-15(11)21-10-16(20)18-17-13-7-6-12(8-13)14(17)9-19/h2-5,12-14,17,19H,6-10H2,1H3,(H,18,20). The summed E-state index contributed by atoms with van der Waals surface area (Å²) in [6.45, 7) is 2.27. The highest BCUT2D eigenvalue weighted by atomic mass is 32.2. The predicted molar refractivity (Wildman–Crippen MR) is 85.2 cm³/mol. The molecular formula is C17H23NO2S. The van der Waals surface area contributed by atoms with Crippen molar-refractivity contribution in [3.05, 3.63) is 29.8 Å². The van der Waals surface area contributed by atoms with E-state index < -0.39 is 0 Å². The van der Waals surface area contributed by atoms with E-state index in [1.165, 1.54) is 29.7 Å². The quantitative estimate of drug-likeness (QED) is 0.822. The molecule has 4 heteroatoms. The van der Waals surface area contributed by atoms with E-state index in [0.29, 0.717) is 17.6 Å². The monoisotopic (exact) mass is 305 g/mol. The maximum absolute atomic E-state index is 12.2. The fraction of sp³-hybridized carbons (Fsp3) is 0.588. The average molecular weight is 305 g/mol.